The highest BCUT2D eigenvalue weighted by atomic mass is 35.5. The zero-order chi connectivity index (χ0) is 22.1. The summed E-state index contributed by atoms with van der Waals surface area (Å²) < 4.78 is 1.72. The number of benzene rings is 2. The van der Waals surface area contributed by atoms with Crippen molar-refractivity contribution in [2.24, 2.45) is 0 Å². The Morgan fingerprint density at radius 3 is 2.66 bits per heavy atom. The lowest BCUT2D eigenvalue weighted by atomic mass is 10.1. The lowest BCUT2D eigenvalue weighted by Gasteiger charge is -2.08. The quantitative estimate of drug-likeness (QED) is 0.337. The van der Waals surface area contributed by atoms with Crippen molar-refractivity contribution in [3.8, 4) is 16.9 Å². The van der Waals surface area contributed by atoms with E-state index in [1.165, 1.54) is 4.88 Å². The van der Waals surface area contributed by atoms with Gasteiger partial charge in [-0.05, 0) is 54.6 Å². The summed E-state index contributed by atoms with van der Waals surface area (Å²) >= 11 is 7.85. The van der Waals surface area contributed by atoms with Crippen LogP contribution < -0.4 is 11.1 Å². The lowest BCUT2D eigenvalue weighted by molar-refractivity contribution is 0.897. The van der Waals surface area contributed by atoms with Gasteiger partial charge >= 0.3 is 0 Å². The van der Waals surface area contributed by atoms with E-state index < -0.39 is 0 Å². The first-order chi connectivity index (χ1) is 15.6. The number of nitrogens with two attached hydrogens (primary N) is 1. The lowest BCUT2D eigenvalue weighted by Crippen LogP contribution is -2.08. The minimum absolute atomic E-state index is 0.501. The van der Waals surface area contributed by atoms with Crippen LogP contribution >= 0.6 is 22.9 Å². The Morgan fingerprint density at radius 1 is 1.06 bits per heavy atom. The second-order valence-corrected chi connectivity index (χ2v) is 8.96. The molecule has 0 aliphatic heterocycles. The first-order valence-electron chi connectivity index (χ1n) is 10.2. The van der Waals surface area contributed by atoms with E-state index in [-0.39, 0.29) is 0 Å². The molecule has 0 aliphatic carbocycles. The number of aromatic nitrogens is 4. The Morgan fingerprint density at radius 2 is 1.91 bits per heavy atom. The van der Waals surface area contributed by atoms with Gasteiger partial charge in [-0.2, -0.15) is 4.98 Å². The highest BCUT2D eigenvalue weighted by molar-refractivity contribution is 7.09. The molecule has 0 fully saturated rings. The first kappa shape index (κ1) is 20.5. The number of hydrogen-bond donors (Lipinski definition) is 2. The average Bonchev–Trinajstić information content (AvgIpc) is 3.42. The standard InChI is InChI=1S/C24H21ClN6S/c1-15-4-2-5-18(14-15)31-22(26)20-21(16-7-9-17(25)10-8-16)28-24(29-23(20)30-31)27-12-11-19-6-3-13-32-19/h2-10,13-14H,11-12,26H2,1H3,(H,27,29,30). The molecule has 5 rings (SSSR count). The Bertz CT molecular complexity index is 1380. The van der Waals surface area contributed by atoms with Crippen molar-refractivity contribution >= 4 is 45.7 Å². The number of thiophene rings is 1. The molecule has 160 valence electrons. The fourth-order valence-corrected chi connectivity index (χ4v) is 4.45. The van der Waals surface area contributed by atoms with Gasteiger partial charge in [0.2, 0.25) is 5.95 Å². The third-order valence-corrected chi connectivity index (χ3v) is 6.36. The Balaban J connectivity index is 1.60. The molecule has 5 aromatic rings. The van der Waals surface area contributed by atoms with Crippen LogP contribution in [0.25, 0.3) is 28.0 Å². The summed E-state index contributed by atoms with van der Waals surface area (Å²) in [6.07, 6.45) is 0.898. The number of rotatable bonds is 6. The Hall–Kier alpha value is -3.42. The molecule has 0 bridgehead atoms. The van der Waals surface area contributed by atoms with Gasteiger partial charge in [-0.3, -0.25) is 0 Å². The fourth-order valence-electron chi connectivity index (χ4n) is 3.62. The van der Waals surface area contributed by atoms with Crippen LogP contribution in [0, 0.1) is 6.92 Å². The van der Waals surface area contributed by atoms with Gasteiger partial charge in [0.15, 0.2) is 5.65 Å². The molecule has 0 unspecified atom stereocenters. The summed E-state index contributed by atoms with van der Waals surface area (Å²) in [5.74, 6) is 1.02. The second kappa shape index (κ2) is 8.61. The molecule has 2 aromatic carbocycles. The van der Waals surface area contributed by atoms with E-state index in [0.29, 0.717) is 22.4 Å². The van der Waals surface area contributed by atoms with E-state index in [9.17, 15) is 0 Å². The Labute approximate surface area is 194 Å². The monoisotopic (exact) mass is 460 g/mol. The van der Waals surface area contributed by atoms with Crippen LogP contribution in [0.1, 0.15) is 10.4 Å². The summed E-state index contributed by atoms with van der Waals surface area (Å²) in [5, 5.41) is 11.5. The largest absolute Gasteiger partial charge is 0.383 e. The fraction of sp³-hybridized carbons (Fsp3) is 0.125. The van der Waals surface area contributed by atoms with Crippen molar-refractivity contribution < 1.29 is 0 Å². The smallest absolute Gasteiger partial charge is 0.225 e. The molecule has 3 N–H and O–H groups in total. The van der Waals surface area contributed by atoms with Gasteiger partial charge in [0.25, 0.3) is 0 Å². The molecule has 8 heteroatoms. The van der Waals surface area contributed by atoms with Gasteiger partial charge in [0.05, 0.1) is 16.8 Å². The number of hydrogen-bond acceptors (Lipinski definition) is 6. The molecule has 0 aliphatic rings. The second-order valence-electron chi connectivity index (χ2n) is 7.49. The minimum Gasteiger partial charge on any atom is -0.383 e. The molecule has 3 aromatic heterocycles. The van der Waals surface area contributed by atoms with Crippen LogP contribution in [0.3, 0.4) is 0 Å². The molecule has 0 radical (unpaired) electrons. The molecular formula is C24H21ClN6S. The number of fused-ring (bicyclic) bond motifs is 1. The molecule has 32 heavy (non-hydrogen) atoms. The summed E-state index contributed by atoms with van der Waals surface area (Å²) in [5.41, 5.74) is 10.8. The molecule has 0 saturated heterocycles. The van der Waals surface area contributed by atoms with E-state index >= 15 is 0 Å². The maximum Gasteiger partial charge on any atom is 0.225 e. The first-order valence-corrected chi connectivity index (χ1v) is 11.5. The maximum absolute atomic E-state index is 6.58. The van der Waals surface area contributed by atoms with Crippen LogP contribution in [0.5, 0.6) is 0 Å². The number of nitrogen functional groups attached to an aromatic ring is 1. The topological polar surface area (TPSA) is 81.7 Å². The van der Waals surface area contributed by atoms with E-state index in [1.54, 1.807) is 16.0 Å². The number of halogens is 1. The summed E-state index contributed by atoms with van der Waals surface area (Å²) in [6, 6.07) is 19.8. The normalized spacial score (nSPS) is 11.2. The highest BCUT2D eigenvalue weighted by Crippen LogP contribution is 2.33. The molecule has 3 heterocycles. The van der Waals surface area contributed by atoms with Crippen LogP contribution in [0.15, 0.2) is 66.0 Å². The van der Waals surface area contributed by atoms with Crippen molar-refractivity contribution in [3.63, 3.8) is 0 Å². The molecular weight excluding hydrogens is 440 g/mol. The number of nitrogens with zero attached hydrogens (tertiary/aromatic N) is 4. The van der Waals surface area contributed by atoms with Crippen LogP contribution in [0.2, 0.25) is 5.02 Å². The maximum atomic E-state index is 6.58. The molecule has 0 amide bonds. The van der Waals surface area contributed by atoms with Gasteiger partial charge < -0.3 is 11.1 Å². The van der Waals surface area contributed by atoms with Gasteiger partial charge in [0.1, 0.15) is 5.82 Å². The van der Waals surface area contributed by atoms with E-state index in [4.69, 9.17) is 27.4 Å². The highest BCUT2D eigenvalue weighted by Gasteiger charge is 2.19. The van der Waals surface area contributed by atoms with E-state index in [0.717, 1.165) is 40.9 Å². The van der Waals surface area contributed by atoms with Crippen molar-refractivity contribution in [2.45, 2.75) is 13.3 Å². The van der Waals surface area contributed by atoms with Crippen molar-refractivity contribution in [3.05, 3.63) is 81.5 Å². The number of aryl methyl sites for hydroxylation is 1. The number of nitrogens with one attached hydrogen (secondary N) is 1. The van der Waals surface area contributed by atoms with Gasteiger partial charge in [0, 0.05) is 22.0 Å². The predicted octanol–water partition coefficient (Wildman–Crippen LogP) is 5.74. The zero-order valence-electron chi connectivity index (χ0n) is 17.4. The van der Waals surface area contributed by atoms with Crippen LogP contribution in [-0.2, 0) is 6.42 Å². The van der Waals surface area contributed by atoms with Crippen molar-refractivity contribution in [1.29, 1.82) is 0 Å². The minimum atomic E-state index is 0.501. The predicted molar refractivity (Wildman–Crippen MR) is 133 cm³/mol. The van der Waals surface area contributed by atoms with E-state index in [1.807, 2.05) is 55.5 Å². The third-order valence-electron chi connectivity index (χ3n) is 5.17. The van der Waals surface area contributed by atoms with Crippen LogP contribution in [-0.4, -0.2) is 26.3 Å². The molecule has 6 nitrogen and oxygen atoms in total. The van der Waals surface area contributed by atoms with Gasteiger partial charge in [-0.1, -0.05) is 41.9 Å². The zero-order valence-corrected chi connectivity index (χ0v) is 19.0. The third kappa shape index (κ3) is 4.04. The molecule has 0 atom stereocenters. The molecule has 0 spiro atoms. The summed E-state index contributed by atoms with van der Waals surface area (Å²) in [7, 11) is 0. The van der Waals surface area contributed by atoms with E-state index in [2.05, 4.69) is 27.8 Å². The summed E-state index contributed by atoms with van der Waals surface area (Å²) in [4.78, 5) is 10.8. The average molecular weight is 461 g/mol. The number of anilines is 2. The molecule has 0 saturated carbocycles. The van der Waals surface area contributed by atoms with Gasteiger partial charge in [-0.25, -0.2) is 9.67 Å². The van der Waals surface area contributed by atoms with Crippen molar-refractivity contribution in [1.82, 2.24) is 19.7 Å². The van der Waals surface area contributed by atoms with Crippen molar-refractivity contribution in [2.75, 3.05) is 17.6 Å². The SMILES string of the molecule is Cc1cccc(-n2nc3nc(NCCc4cccs4)nc(-c4ccc(Cl)cc4)c3c2N)c1. The van der Waals surface area contributed by atoms with Gasteiger partial charge in [-0.15, -0.1) is 16.4 Å². The Kier molecular flexibility index (Phi) is 5.51. The summed E-state index contributed by atoms with van der Waals surface area (Å²) in [6.45, 7) is 2.76. The van der Waals surface area contributed by atoms with Crippen LogP contribution in [0.4, 0.5) is 11.8 Å².